The van der Waals surface area contributed by atoms with Crippen LogP contribution in [0.1, 0.15) is 64.7 Å². The van der Waals surface area contributed by atoms with E-state index in [0.717, 1.165) is 32.1 Å². The third-order valence-corrected chi connectivity index (χ3v) is 3.41. The Morgan fingerprint density at radius 2 is 1.68 bits per heavy atom. The number of hydrogen-bond acceptors (Lipinski definition) is 4. The molecule has 0 heterocycles. The van der Waals surface area contributed by atoms with Gasteiger partial charge in [-0.3, -0.25) is 4.79 Å². The zero-order valence-corrected chi connectivity index (χ0v) is 12.0. The van der Waals surface area contributed by atoms with Gasteiger partial charge in [0.1, 0.15) is 0 Å². The monoisotopic (exact) mass is 272 g/mol. The van der Waals surface area contributed by atoms with Gasteiger partial charge in [-0.15, -0.1) is 0 Å². The Hall–Kier alpha value is -0.940. The minimum atomic E-state index is -1.72. The molecule has 0 aromatic heterocycles. The first-order chi connectivity index (χ1) is 8.99. The molecule has 0 fully saturated rings. The van der Waals surface area contributed by atoms with E-state index in [0.29, 0.717) is 19.4 Å². The molecule has 0 spiro atoms. The third kappa shape index (κ3) is 6.68. The summed E-state index contributed by atoms with van der Waals surface area (Å²) in [7, 11) is 0. The normalized spacial score (nSPS) is 14.1. The van der Waals surface area contributed by atoms with E-state index in [4.69, 9.17) is 16.6 Å². The summed E-state index contributed by atoms with van der Waals surface area (Å²) in [6.45, 7) is 2.61. The zero-order valence-electron chi connectivity index (χ0n) is 12.0. The molecule has 5 heteroatoms. The maximum absolute atomic E-state index is 12.0. The van der Waals surface area contributed by atoms with E-state index in [1.54, 1.807) is 0 Å². The summed E-state index contributed by atoms with van der Waals surface area (Å²) < 4.78 is 0. The molecule has 19 heavy (non-hydrogen) atoms. The predicted molar refractivity (Wildman–Crippen MR) is 75.8 cm³/mol. The van der Waals surface area contributed by atoms with Gasteiger partial charge in [0.15, 0.2) is 11.3 Å². The molecular formula is C14H28N2O3. The second kappa shape index (κ2) is 9.92. The minimum absolute atomic E-state index is 0.174. The van der Waals surface area contributed by atoms with Crippen LogP contribution < -0.4 is 11.5 Å². The van der Waals surface area contributed by atoms with E-state index in [9.17, 15) is 9.59 Å². The highest BCUT2D eigenvalue weighted by Gasteiger charge is 2.40. The van der Waals surface area contributed by atoms with E-state index in [-0.39, 0.29) is 18.6 Å². The molecule has 0 unspecified atom stereocenters. The smallest absolute Gasteiger partial charge is 0.331 e. The summed E-state index contributed by atoms with van der Waals surface area (Å²) >= 11 is 0. The van der Waals surface area contributed by atoms with Crippen LogP contribution in [-0.2, 0) is 9.59 Å². The fourth-order valence-electron chi connectivity index (χ4n) is 2.03. The van der Waals surface area contributed by atoms with Gasteiger partial charge in [0.05, 0.1) is 0 Å². The van der Waals surface area contributed by atoms with Crippen molar-refractivity contribution in [3.05, 3.63) is 0 Å². The number of unbranched alkanes of at least 4 members (excludes halogenated alkanes) is 5. The maximum Gasteiger partial charge on any atom is 0.331 e. The van der Waals surface area contributed by atoms with Crippen molar-refractivity contribution in [1.29, 1.82) is 0 Å². The molecule has 0 amide bonds. The predicted octanol–water partition coefficient (Wildman–Crippen LogP) is 1.83. The fraction of sp³-hybridized carbons (Fsp3) is 0.857. The van der Waals surface area contributed by atoms with E-state index >= 15 is 0 Å². The van der Waals surface area contributed by atoms with Crippen LogP contribution in [0.25, 0.3) is 0 Å². The van der Waals surface area contributed by atoms with Crippen LogP contribution in [0.4, 0.5) is 0 Å². The number of carboxylic acids is 1. The maximum atomic E-state index is 12.0. The molecule has 0 aliphatic heterocycles. The Labute approximate surface area is 115 Å². The Kier molecular flexibility index (Phi) is 9.43. The summed E-state index contributed by atoms with van der Waals surface area (Å²) in [5, 5.41) is 9.17. The first-order valence-electron chi connectivity index (χ1n) is 7.24. The van der Waals surface area contributed by atoms with Crippen LogP contribution >= 0.6 is 0 Å². The second-order valence-electron chi connectivity index (χ2n) is 5.11. The van der Waals surface area contributed by atoms with Crippen molar-refractivity contribution in [2.24, 2.45) is 11.5 Å². The van der Waals surface area contributed by atoms with Gasteiger partial charge >= 0.3 is 5.97 Å². The highest BCUT2D eigenvalue weighted by Crippen LogP contribution is 2.17. The van der Waals surface area contributed by atoms with E-state index < -0.39 is 11.5 Å². The number of ketones is 1. The van der Waals surface area contributed by atoms with Crippen LogP contribution in [0.15, 0.2) is 0 Å². The molecule has 0 aliphatic rings. The lowest BCUT2D eigenvalue weighted by atomic mass is 9.86. The van der Waals surface area contributed by atoms with Gasteiger partial charge in [-0.1, -0.05) is 32.6 Å². The molecule has 1 atom stereocenters. The minimum Gasteiger partial charge on any atom is -0.480 e. The molecule has 0 aromatic rings. The summed E-state index contributed by atoms with van der Waals surface area (Å²) in [6.07, 6.45) is 6.75. The summed E-state index contributed by atoms with van der Waals surface area (Å²) in [6, 6.07) is 0. The topological polar surface area (TPSA) is 106 Å². The van der Waals surface area contributed by atoms with E-state index in [1.807, 2.05) is 0 Å². The van der Waals surface area contributed by atoms with Crippen molar-refractivity contribution < 1.29 is 14.7 Å². The number of nitrogens with two attached hydrogens (primary N) is 2. The number of Topliss-reactive ketones (excluding diaryl/α,β-unsaturated/α-hetero) is 1. The second-order valence-corrected chi connectivity index (χ2v) is 5.11. The molecule has 0 saturated carbocycles. The molecule has 0 radical (unpaired) electrons. The van der Waals surface area contributed by atoms with Crippen LogP contribution in [0.2, 0.25) is 0 Å². The van der Waals surface area contributed by atoms with Crippen LogP contribution in [0.3, 0.4) is 0 Å². The van der Waals surface area contributed by atoms with Gasteiger partial charge < -0.3 is 16.6 Å². The number of aliphatic carboxylic acids is 1. The molecule has 0 rings (SSSR count). The van der Waals surface area contributed by atoms with Crippen LogP contribution in [0, 0.1) is 0 Å². The van der Waals surface area contributed by atoms with Crippen molar-refractivity contribution >= 4 is 11.8 Å². The van der Waals surface area contributed by atoms with Gasteiger partial charge in [-0.25, -0.2) is 4.79 Å². The van der Waals surface area contributed by atoms with E-state index in [1.165, 1.54) is 0 Å². The molecule has 5 N–H and O–H groups in total. The lowest BCUT2D eigenvalue weighted by Crippen LogP contribution is -2.54. The zero-order chi connectivity index (χ0) is 14.7. The number of carboxylic acid groups (broad SMARTS) is 1. The van der Waals surface area contributed by atoms with Gasteiger partial charge in [0, 0.05) is 6.42 Å². The van der Waals surface area contributed by atoms with Crippen LogP contribution in [0.5, 0.6) is 0 Å². The Bertz CT molecular complexity index is 282. The third-order valence-electron chi connectivity index (χ3n) is 3.41. The molecule has 112 valence electrons. The van der Waals surface area contributed by atoms with Crippen molar-refractivity contribution in [3.63, 3.8) is 0 Å². The summed E-state index contributed by atoms with van der Waals surface area (Å²) in [4.78, 5) is 23.2. The molecule has 5 nitrogen and oxygen atoms in total. The summed E-state index contributed by atoms with van der Waals surface area (Å²) in [5.41, 5.74) is 9.42. The summed E-state index contributed by atoms with van der Waals surface area (Å²) in [5.74, 6) is -1.57. The van der Waals surface area contributed by atoms with Gasteiger partial charge in [0.2, 0.25) is 0 Å². The Morgan fingerprint density at radius 1 is 1.05 bits per heavy atom. The van der Waals surface area contributed by atoms with Crippen molar-refractivity contribution in [2.45, 2.75) is 70.3 Å². The van der Waals surface area contributed by atoms with E-state index in [2.05, 4.69) is 6.92 Å². The highest BCUT2D eigenvalue weighted by atomic mass is 16.4. The van der Waals surface area contributed by atoms with Crippen molar-refractivity contribution in [1.82, 2.24) is 0 Å². The quantitative estimate of drug-likeness (QED) is 0.371. The number of hydrogen-bond donors (Lipinski definition) is 3. The molecule has 0 bridgehead atoms. The average Bonchev–Trinajstić information content (AvgIpc) is 2.38. The Morgan fingerprint density at radius 3 is 2.21 bits per heavy atom. The van der Waals surface area contributed by atoms with Gasteiger partial charge in [-0.2, -0.15) is 0 Å². The standard InChI is InChI=1S/C14H28N2O3/c1-2-3-4-5-6-9-12(17)14(16,13(18)19)10-7-8-11-15/h2-11,15-16H2,1H3,(H,18,19)/t14-/m1/s1. The van der Waals surface area contributed by atoms with Gasteiger partial charge in [-0.05, 0) is 32.2 Å². The number of rotatable bonds is 12. The lowest BCUT2D eigenvalue weighted by molar-refractivity contribution is -0.148. The molecule has 0 aromatic carbocycles. The van der Waals surface area contributed by atoms with Crippen LogP contribution in [-0.4, -0.2) is 28.9 Å². The molecular weight excluding hydrogens is 244 g/mol. The van der Waals surface area contributed by atoms with Crippen molar-refractivity contribution in [2.75, 3.05) is 6.54 Å². The lowest BCUT2D eigenvalue weighted by Gasteiger charge is -2.23. The first kappa shape index (κ1) is 18.1. The SMILES string of the molecule is CCCCCCCC(=O)[C@](N)(CCCCN)C(=O)O. The highest BCUT2D eigenvalue weighted by molar-refractivity contribution is 6.07. The largest absolute Gasteiger partial charge is 0.480 e. The molecule has 0 aliphatic carbocycles. The van der Waals surface area contributed by atoms with Gasteiger partial charge in [0.25, 0.3) is 0 Å². The van der Waals surface area contributed by atoms with Crippen molar-refractivity contribution in [3.8, 4) is 0 Å². The Balaban J connectivity index is 4.20. The average molecular weight is 272 g/mol. The molecule has 0 saturated heterocycles. The first-order valence-corrected chi connectivity index (χ1v) is 7.24. The number of carbonyl (C=O) groups is 2. The fourth-order valence-corrected chi connectivity index (χ4v) is 2.03. The number of carbonyl (C=O) groups excluding carboxylic acids is 1.